The summed E-state index contributed by atoms with van der Waals surface area (Å²) >= 11 is 0. The summed E-state index contributed by atoms with van der Waals surface area (Å²) in [7, 11) is -3.84. The molecule has 0 aliphatic carbocycles. The van der Waals surface area contributed by atoms with Gasteiger partial charge in [0.15, 0.2) is 0 Å². The Bertz CT molecular complexity index is 766. The van der Waals surface area contributed by atoms with E-state index in [0.717, 1.165) is 37.9 Å². The lowest BCUT2D eigenvalue weighted by atomic mass is 10.2. The third kappa shape index (κ3) is 10.7. The molecule has 0 radical (unpaired) electrons. The fourth-order valence-electron chi connectivity index (χ4n) is 2.49. The second kappa shape index (κ2) is 12.9. The second-order valence-corrected chi connectivity index (χ2v) is 8.57. The van der Waals surface area contributed by atoms with E-state index < -0.39 is 22.1 Å². The molecule has 8 nitrogen and oxygen atoms in total. The van der Waals surface area contributed by atoms with Gasteiger partial charge in [0.1, 0.15) is 5.78 Å². The number of benzene rings is 1. The first-order valence-corrected chi connectivity index (χ1v) is 11.2. The highest BCUT2D eigenvalue weighted by Gasteiger charge is 2.23. The first-order valence-electron chi connectivity index (χ1n) is 9.71. The number of amides is 2. The fraction of sp³-hybridized carbons (Fsp3) is 0.500. The van der Waals surface area contributed by atoms with Gasteiger partial charge in [0.2, 0.25) is 10.0 Å². The van der Waals surface area contributed by atoms with Crippen LogP contribution in [0.25, 0.3) is 0 Å². The van der Waals surface area contributed by atoms with E-state index in [1.165, 1.54) is 19.1 Å². The molecule has 0 saturated heterocycles. The van der Waals surface area contributed by atoms with E-state index in [4.69, 9.17) is 0 Å². The molecular weight excluding hydrogens is 392 g/mol. The maximum absolute atomic E-state index is 12.3. The quantitative estimate of drug-likeness (QED) is 0.340. The van der Waals surface area contributed by atoms with E-state index in [-0.39, 0.29) is 17.2 Å². The summed E-state index contributed by atoms with van der Waals surface area (Å²) < 4.78 is 27.0. The van der Waals surface area contributed by atoms with Crippen LogP contribution in [0.15, 0.2) is 47.5 Å². The Kier molecular flexibility index (Phi) is 11.0. The average Bonchev–Trinajstić information content (AvgIpc) is 2.67. The number of sulfonamides is 1. The summed E-state index contributed by atoms with van der Waals surface area (Å²) in [5, 5.41) is 8.42. The summed E-state index contributed by atoms with van der Waals surface area (Å²) in [5.41, 5.74) is 0.957. The molecule has 0 spiro atoms. The van der Waals surface area contributed by atoms with Crippen LogP contribution < -0.4 is 20.7 Å². The third-order valence-electron chi connectivity index (χ3n) is 4.12. The number of urea groups is 1. The maximum Gasteiger partial charge on any atom is 0.314 e. The zero-order valence-corrected chi connectivity index (χ0v) is 18.0. The normalized spacial score (nSPS) is 12.1. The highest BCUT2D eigenvalue weighted by Crippen LogP contribution is 2.08. The molecule has 1 rings (SSSR count). The number of carbonyl (C=O) groups is 2. The van der Waals surface area contributed by atoms with Gasteiger partial charge in [-0.3, -0.25) is 4.79 Å². The number of ketones is 1. The lowest BCUT2D eigenvalue weighted by Gasteiger charge is -2.17. The molecule has 1 unspecified atom stereocenters. The van der Waals surface area contributed by atoms with Crippen LogP contribution in [-0.2, 0) is 14.8 Å². The molecule has 162 valence electrons. The van der Waals surface area contributed by atoms with E-state index >= 15 is 0 Å². The Morgan fingerprint density at radius 1 is 0.931 bits per heavy atom. The van der Waals surface area contributed by atoms with E-state index in [2.05, 4.69) is 27.3 Å². The Balaban J connectivity index is 2.30. The van der Waals surface area contributed by atoms with Crippen LogP contribution in [0.5, 0.6) is 0 Å². The van der Waals surface area contributed by atoms with E-state index in [9.17, 15) is 18.0 Å². The molecule has 0 bridgehead atoms. The highest BCUT2D eigenvalue weighted by molar-refractivity contribution is 7.89. The molecule has 1 atom stereocenters. The number of hydrogen-bond acceptors (Lipinski definition) is 5. The van der Waals surface area contributed by atoms with Gasteiger partial charge in [0.25, 0.3) is 0 Å². The summed E-state index contributed by atoms with van der Waals surface area (Å²) in [6, 6.07) is 6.31. The van der Waals surface area contributed by atoms with E-state index in [0.29, 0.717) is 6.54 Å². The van der Waals surface area contributed by atoms with Crippen molar-refractivity contribution in [3.05, 3.63) is 42.6 Å². The van der Waals surface area contributed by atoms with Crippen LogP contribution >= 0.6 is 0 Å². The maximum atomic E-state index is 12.3. The van der Waals surface area contributed by atoms with Gasteiger partial charge < -0.3 is 16.0 Å². The van der Waals surface area contributed by atoms with Gasteiger partial charge >= 0.3 is 6.03 Å². The van der Waals surface area contributed by atoms with Gasteiger partial charge in [0, 0.05) is 25.3 Å². The van der Waals surface area contributed by atoms with Gasteiger partial charge in [-0.2, -0.15) is 4.72 Å². The average molecular weight is 425 g/mol. The number of carbonyl (C=O) groups excluding carboxylic acids is 2. The SMILES string of the molecule is C=C(C)NCCCCCCNC(=O)NCC(NS(=O)(=O)c1ccccc1)C(C)=O. The number of rotatable bonds is 14. The number of allylic oxidation sites excluding steroid dienone is 1. The Hall–Kier alpha value is -2.39. The zero-order chi connectivity index (χ0) is 21.7. The zero-order valence-electron chi connectivity index (χ0n) is 17.2. The largest absolute Gasteiger partial charge is 0.389 e. The van der Waals surface area contributed by atoms with Crippen LogP contribution in [0.2, 0.25) is 0 Å². The van der Waals surface area contributed by atoms with Crippen LogP contribution in [-0.4, -0.2) is 45.9 Å². The first kappa shape index (κ1) is 24.6. The van der Waals surface area contributed by atoms with Crippen molar-refractivity contribution in [1.82, 2.24) is 20.7 Å². The lowest BCUT2D eigenvalue weighted by Crippen LogP contribution is -2.49. The van der Waals surface area contributed by atoms with Crippen molar-refractivity contribution in [2.24, 2.45) is 0 Å². The summed E-state index contributed by atoms with van der Waals surface area (Å²) in [4.78, 5) is 23.7. The number of unbranched alkanes of at least 4 members (excludes halogenated alkanes) is 3. The number of hydrogen-bond donors (Lipinski definition) is 4. The van der Waals surface area contributed by atoms with E-state index in [1.54, 1.807) is 18.2 Å². The Labute approximate surface area is 173 Å². The molecule has 1 aromatic rings. The molecule has 29 heavy (non-hydrogen) atoms. The van der Waals surface area contributed by atoms with Crippen molar-refractivity contribution >= 4 is 21.8 Å². The minimum atomic E-state index is -3.84. The van der Waals surface area contributed by atoms with Crippen LogP contribution in [0.3, 0.4) is 0 Å². The topological polar surface area (TPSA) is 116 Å². The van der Waals surface area contributed by atoms with Gasteiger partial charge in [-0.15, -0.1) is 0 Å². The first-order chi connectivity index (χ1) is 13.7. The van der Waals surface area contributed by atoms with Gasteiger partial charge in [-0.1, -0.05) is 37.6 Å². The van der Waals surface area contributed by atoms with E-state index in [1.807, 2.05) is 6.92 Å². The molecular formula is C20H32N4O4S. The van der Waals surface area contributed by atoms with Crippen molar-refractivity contribution in [2.45, 2.75) is 50.5 Å². The van der Waals surface area contributed by atoms with Gasteiger partial charge in [0.05, 0.1) is 10.9 Å². The fourth-order valence-corrected chi connectivity index (χ4v) is 3.76. The van der Waals surface area contributed by atoms with Crippen molar-refractivity contribution in [2.75, 3.05) is 19.6 Å². The second-order valence-electron chi connectivity index (χ2n) is 6.86. The van der Waals surface area contributed by atoms with Gasteiger partial charge in [-0.25, -0.2) is 13.2 Å². The summed E-state index contributed by atoms with van der Waals surface area (Å²) in [6.07, 6.45) is 3.93. The molecule has 0 heterocycles. The van der Waals surface area contributed by atoms with Crippen molar-refractivity contribution in [3.63, 3.8) is 0 Å². The molecule has 0 fully saturated rings. The van der Waals surface area contributed by atoms with Gasteiger partial charge in [-0.05, 0) is 38.8 Å². The molecule has 9 heteroatoms. The predicted octanol–water partition coefficient (Wildman–Crippen LogP) is 1.91. The minimum absolute atomic E-state index is 0.0640. The summed E-state index contributed by atoms with van der Waals surface area (Å²) in [6.45, 7) is 8.26. The predicted molar refractivity (Wildman–Crippen MR) is 114 cm³/mol. The molecule has 0 aliphatic rings. The van der Waals surface area contributed by atoms with Crippen LogP contribution in [0, 0.1) is 0 Å². The Morgan fingerprint density at radius 3 is 2.07 bits per heavy atom. The molecule has 0 aliphatic heterocycles. The standard InChI is InChI=1S/C20H32N4O4S/c1-16(2)21-13-9-4-5-10-14-22-20(26)23-15-19(17(3)25)24-29(27,28)18-11-7-6-8-12-18/h6-8,11-12,19,21,24H,1,4-5,9-10,13-15H2,2-3H3,(H2,22,23,26). The van der Waals surface area contributed by atoms with Crippen molar-refractivity contribution in [3.8, 4) is 0 Å². The minimum Gasteiger partial charge on any atom is -0.389 e. The van der Waals surface area contributed by atoms with Crippen molar-refractivity contribution in [1.29, 1.82) is 0 Å². The molecule has 2 amide bonds. The van der Waals surface area contributed by atoms with Crippen LogP contribution in [0.4, 0.5) is 4.79 Å². The Morgan fingerprint density at radius 2 is 1.52 bits per heavy atom. The monoisotopic (exact) mass is 424 g/mol. The smallest absolute Gasteiger partial charge is 0.314 e. The van der Waals surface area contributed by atoms with Crippen molar-refractivity contribution < 1.29 is 18.0 Å². The summed E-state index contributed by atoms with van der Waals surface area (Å²) in [5.74, 6) is -0.381. The number of Topliss-reactive ketones (excluding diaryl/α,β-unsaturated/α-hetero) is 1. The molecule has 0 saturated carbocycles. The molecule has 1 aromatic carbocycles. The number of nitrogens with one attached hydrogen (secondary N) is 4. The van der Waals surface area contributed by atoms with Crippen LogP contribution in [0.1, 0.15) is 39.5 Å². The lowest BCUT2D eigenvalue weighted by molar-refractivity contribution is -0.118. The molecule has 0 aromatic heterocycles. The third-order valence-corrected chi connectivity index (χ3v) is 5.61. The highest BCUT2D eigenvalue weighted by atomic mass is 32.2. The molecule has 4 N–H and O–H groups in total.